The van der Waals surface area contributed by atoms with E-state index in [0.29, 0.717) is 0 Å². The average molecular weight is 391 g/mol. The topological polar surface area (TPSA) is 111 Å². The van der Waals surface area contributed by atoms with E-state index in [1.54, 1.807) is 13.8 Å². The van der Waals surface area contributed by atoms with Gasteiger partial charge < -0.3 is 9.67 Å². The van der Waals surface area contributed by atoms with Crippen molar-refractivity contribution >= 4 is 23.6 Å². The summed E-state index contributed by atoms with van der Waals surface area (Å²) in [6.45, 7) is 13.8. The molecule has 1 aliphatic rings. The molecule has 2 amide bonds. The van der Waals surface area contributed by atoms with Crippen LogP contribution in [0.15, 0.2) is 33.7 Å². The summed E-state index contributed by atoms with van der Waals surface area (Å²) in [6, 6.07) is 1.83. The van der Waals surface area contributed by atoms with Gasteiger partial charge in [-0.05, 0) is 50.8 Å². The Morgan fingerprint density at radius 2 is 1.83 bits per heavy atom. The monoisotopic (exact) mass is 391 g/mol. The quantitative estimate of drug-likeness (QED) is 0.443. The highest BCUT2D eigenvalue weighted by molar-refractivity contribution is 6.18. The first-order chi connectivity index (χ1) is 13.7. The summed E-state index contributed by atoms with van der Waals surface area (Å²) in [7, 11) is 0. The number of nitrogens with zero attached hydrogens (tertiary/aromatic N) is 4. The lowest BCUT2D eigenvalue weighted by molar-refractivity contribution is -0.278. The van der Waals surface area contributed by atoms with E-state index in [2.05, 4.69) is 4.85 Å². The molecule has 1 aromatic rings. The zero-order valence-electron chi connectivity index (χ0n) is 16.6. The maximum absolute atomic E-state index is 12.6. The number of carbonyl (C=O) groups excluding carboxylic acids is 2. The molecule has 2 rings (SSSR count). The van der Waals surface area contributed by atoms with E-state index in [9.17, 15) is 24.8 Å². The van der Waals surface area contributed by atoms with Crippen LogP contribution >= 0.6 is 0 Å². The smallest absolute Gasteiger partial charge is 0.271 e. The van der Waals surface area contributed by atoms with Gasteiger partial charge in [-0.25, -0.2) is 4.85 Å². The van der Waals surface area contributed by atoms with Crippen LogP contribution in [0.25, 0.3) is 10.9 Å². The van der Waals surface area contributed by atoms with Crippen LogP contribution in [0.3, 0.4) is 0 Å². The van der Waals surface area contributed by atoms with Gasteiger partial charge >= 0.3 is 0 Å². The maximum atomic E-state index is 12.6. The molecule has 1 aliphatic heterocycles. The molecule has 0 unspecified atom stereocenters. The Morgan fingerprint density at radius 3 is 2.34 bits per heavy atom. The molecule has 8 nitrogen and oxygen atoms in total. The molecule has 0 aliphatic carbocycles. The molecule has 0 bridgehead atoms. The number of rotatable bonds is 4. The van der Waals surface area contributed by atoms with Gasteiger partial charge in [-0.15, -0.1) is 0 Å². The third kappa shape index (κ3) is 3.48. The predicted octanol–water partition coefficient (Wildman–Crippen LogP) is 1.97. The van der Waals surface area contributed by atoms with Gasteiger partial charge in [-0.1, -0.05) is 12.2 Å². The zero-order chi connectivity index (χ0) is 21.9. The van der Waals surface area contributed by atoms with Crippen LogP contribution in [-0.4, -0.2) is 27.8 Å². The summed E-state index contributed by atoms with van der Waals surface area (Å²) >= 11 is 0. The minimum absolute atomic E-state index is 0.110. The Morgan fingerprint density at radius 1 is 1.17 bits per heavy atom. The number of allylic oxidation sites excluding steroid dienone is 2. The highest BCUT2D eigenvalue weighted by Crippen LogP contribution is 2.29. The fourth-order valence-electron chi connectivity index (χ4n) is 3.11. The minimum atomic E-state index is -0.631. The van der Waals surface area contributed by atoms with Gasteiger partial charge in [-0.3, -0.25) is 19.3 Å². The third-order valence-corrected chi connectivity index (χ3v) is 4.78. The Balaban J connectivity index is 2.63. The number of imide groups is 1. The zero-order valence-corrected chi connectivity index (χ0v) is 16.6. The van der Waals surface area contributed by atoms with Gasteiger partial charge in [-0.2, -0.15) is 5.26 Å². The largest absolute Gasteiger partial charge is 0.869 e. The van der Waals surface area contributed by atoms with Crippen molar-refractivity contribution in [2.45, 2.75) is 34.2 Å². The summed E-state index contributed by atoms with van der Waals surface area (Å²) in [5.41, 5.74) is 0.0970. The second-order valence-corrected chi connectivity index (χ2v) is 6.26. The van der Waals surface area contributed by atoms with Crippen molar-refractivity contribution in [2.24, 2.45) is 0 Å². The van der Waals surface area contributed by atoms with Gasteiger partial charge in [0.2, 0.25) is 0 Å². The number of nitriles is 1. The number of likely N-dealkylation sites (N-methyl/N-ethyl adjacent to an activating group) is 1. The first-order valence-electron chi connectivity index (χ1n) is 8.92. The number of amides is 2. The van der Waals surface area contributed by atoms with Crippen LogP contribution in [0.1, 0.15) is 31.9 Å². The van der Waals surface area contributed by atoms with E-state index in [-0.39, 0.29) is 46.6 Å². The lowest BCUT2D eigenvalue weighted by Crippen LogP contribution is -2.42. The summed E-state index contributed by atoms with van der Waals surface area (Å²) in [5, 5.41) is 21.4. The van der Waals surface area contributed by atoms with E-state index in [4.69, 9.17) is 6.57 Å². The number of hydrogen-bond acceptors (Lipinski definition) is 5. The van der Waals surface area contributed by atoms with E-state index in [1.807, 2.05) is 6.07 Å². The van der Waals surface area contributed by atoms with Crippen LogP contribution in [0.5, 0.6) is 5.88 Å². The lowest BCUT2D eigenvalue weighted by atomic mass is 9.95. The summed E-state index contributed by atoms with van der Waals surface area (Å²) in [4.78, 5) is 41.6. The predicted molar refractivity (Wildman–Crippen MR) is 105 cm³/mol. The van der Waals surface area contributed by atoms with Gasteiger partial charge in [0.15, 0.2) is 5.69 Å². The van der Waals surface area contributed by atoms with E-state index in [1.165, 1.54) is 32.1 Å². The van der Waals surface area contributed by atoms with Crippen LogP contribution < -0.4 is 10.7 Å². The molecule has 0 saturated heterocycles. The molecular formula is C21H19N4O4-. The van der Waals surface area contributed by atoms with E-state index >= 15 is 0 Å². The highest BCUT2D eigenvalue weighted by Gasteiger charge is 2.33. The van der Waals surface area contributed by atoms with Gasteiger partial charge in [0.05, 0.1) is 6.57 Å². The van der Waals surface area contributed by atoms with Gasteiger partial charge in [0, 0.05) is 24.2 Å². The maximum Gasteiger partial charge on any atom is 0.271 e. The number of aromatic nitrogens is 1. The van der Waals surface area contributed by atoms with E-state index < -0.39 is 23.3 Å². The van der Waals surface area contributed by atoms with Crippen molar-refractivity contribution in [1.29, 1.82) is 5.26 Å². The molecule has 0 atom stereocenters. The number of pyridine rings is 1. The molecule has 0 fully saturated rings. The molecule has 0 aromatic carbocycles. The van der Waals surface area contributed by atoms with Crippen LogP contribution in [-0.2, 0) is 16.1 Å². The van der Waals surface area contributed by atoms with Crippen LogP contribution in [0.4, 0.5) is 5.69 Å². The second kappa shape index (κ2) is 8.41. The van der Waals surface area contributed by atoms with Crippen molar-refractivity contribution in [2.75, 3.05) is 6.54 Å². The van der Waals surface area contributed by atoms with Gasteiger partial charge in [0.1, 0.15) is 11.6 Å². The molecule has 0 radical (unpaired) electrons. The molecule has 148 valence electrons. The Labute approximate surface area is 168 Å². The van der Waals surface area contributed by atoms with E-state index in [0.717, 1.165) is 9.47 Å². The first kappa shape index (κ1) is 21.4. The van der Waals surface area contributed by atoms with Crippen LogP contribution in [0, 0.1) is 24.8 Å². The summed E-state index contributed by atoms with van der Waals surface area (Å²) in [5.74, 6) is -1.79. The summed E-state index contributed by atoms with van der Waals surface area (Å²) < 4.78 is 0.982. The average Bonchev–Trinajstić information content (AvgIpc) is 2.68. The minimum Gasteiger partial charge on any atom is -0.869 e. The van der Waals surface area contributed by atoms with Crippen molar-refractivity contribution in [1.82, 2.24) is 9.47 Å². The standard InChI is InChI=1S/C21H20N4O4/c1-6-24-18(26)14(12(3)16(11-22)20(24)28)9-8-10-15-13(4)17(23-5)21(29)25(7-2)19(15)27/h8-10,29H,6-7H2,1-4H3/p-1. The fraction of sp³-hybridized carbons (Fsp3) is 0.286. The summed E-state index contributed by atoms with van der Waals surface area (Å²) in [6.07, 6.45) is 4.28. The SMILES string of the molecule is [C-]#[N+]c1c(C)c(C=CC=C2C(=O)N(CC)C(=O)C(C#N)=C2C)c(=O)n(CC)c1[O-]. The number of carbonyl (C=O) groups is 2. The molecule has 29 heavy (non-hydrogen) atoms. The normalized spacial score (nSPS) is 15.9. The molecule has 0 spiro atoms. The van der Waals surface area contributed by atoms with Crippen molar-refractivity contribution in [3.8, 4) is 11.9 Å². The highest BCUT2D eigenvalue weighted by atomic mass is 16.3. The molecule has 0 N–H and O–H groups in total. The fourth-order valence-corrected chi connectivity index (χ4v) is 3.11. The molecule has 0 saturated carbocycles. The second-order valence-electron chi connectivity index (χ2n) is 6.26. The van der Waals surface area contributed by atoms with Crippen LogP contribution in [0.2, 0.25) is 0 Å². The Kier molecular flexibility index (Phi) is 6.20. The number of hydrogen-bond donors (Lipinski definition) is 0. The lowest BCUT2D eigenvalue weighted by Gasteiger charge is -2.25. The third-order valence-electron chi connectivity index (χ3n) is 4.78. The molecule has 2 heterocycles. The molecular weight excluding hydrogens is 372 g/mol. The van der Waals surface area contributed by atoms with Gasteiger partial charge in [0.25, 0.3) is 17.4 Å². The Bertz CT molecular complexity index is 1140. The molecule has 8 heteroatoms. The van der Waals surface area contributed by atoms with Crippen molar-refractivity contribution in [3.63, 3.8) is 0 Å². The first-order valence-corrected chi connectivity index (χ1v) is 8.92. The van der Waals surface area contributed by atoms with Crippen molar-refractivity contribution < 1.29 is 14.7 Å². The van der Waals surface area contributed by atoms with Crippen molar-refractivity contribution in [3.05, 3.63) is 61.8 Å². The molecule has 1 aromatic heterocycles. The Hall–Kier alpha value is -3.91.